The molecular weight excluding hydrogens is 230 g/mol. The number of aryl methyl sites for hydroxylation is 1. The van der Waals surface area contributed by atoms with Crippen LogP contribution in [0, 0.1) is 17.8 Å². The van der Waals surface area contributed by atoms with Gasteiger partial charge in [-0.3, -0.25) is 9.48 Å². The SMILES string of the molecule is CCC1CCC(C(=O)O)C(Cc2ncnn2C)C1. The molecule has 1 heterocycles. The van der Waals surface area contributed by atoms with Crippen molar-refractivity contribution in [2.75, 3.05) is 0 Å². The molecule has 0 aliphatic heterocycles. The van der Waals surface area contributed by atoms with Gasteiger partial charge in [-0.25, -0.2) is 4.98 Å². The first-order valence-electron chi connectivity index (χ1n) is 6.67. The molecule has 1 fully saturated rings. The van der Waals surface area contributed by atoms with Gasteiger partial charge in [-0.05, 0) is 31.1 Å². The van der Waals surface area contributed by atoms with Crippen LogP contribution in [0.2, 0.25) is 0 Å². The van der Waals surface area contributed by atoms with E-state index in [-0.39, 0.29) is 11.8 Å². The molecule has 18 heavy (non-hydrogen) atoms. The van der Waals surface area contributed by atoms with E-state index < -0.39 is 5.97 Å². The minimum absolute atomic E-state index is 0.198. The largest absolute Gasteiger partial charge is 0.481 e. The van der Waals surface area contributed by atoms with Crippen molar-refractivity contribution in [1.82, 2.24) is 14.8 Å². The molecule has 3 atom stereocenters. The first-order valence-corrected chi connectivity index (χ1v) is 6.67. The van der Waals surface area contributed by atoms with Crippen LogP contribution in [0.4, 0.5) is 0 Å². The number of hydrogen-bond acceptors (Lipinski definition) is 3. The molecule has 5 nitrogen and oxygen atoms in total. The number of carboxylic acid groups (broad SMARTS) is 1. The first kappa shape index (κ1) is 13.1. The first-order chi connectivity index (χ1) is 8.61. The molecule has 5 heteroatoms. The number of carboxylic acids is 1. The van der Waals surface area contributed by atoms with E-state index in [1.165, 1.54) is 6.33 Å². The van der Waals surface area contributed by atoms with Crippen LogP contribution in [0.25, 0.3) is 0 Å². The van der Waals surface area contributed by atoms with Crippen LogP contribution in [0.15, 0.2) is 6.33 Å². The highest BCUT2D eigenvalue weighted by atomic mass is 16.4. The van der Waals surface area contributed by atoms with Crippen LogP contribution < -0.4 is 0 Å². The van der Waals surface area contributed by atoms with Crippen molar-refractivity contribution in [3.63, 3.8) is 0 Å². The molecule has 0 amide bonds. The zero-order chi connectivity index (χ0) is 13.1. The van der Waals surface area contributed by atoms with E-state index >= 15 is 0 Å². The number of hydrogen-bond donors (Lipinski definition) is 1. The fourth-order valence-corrected chi connectivity index (χ4v) is 3.02. The van der Waals surface area contributed by atoms with Crippen LogP contribution in [-0.4, -0.2) is 25.8 Å². The van der Waals surface area contributed by atoms with Crippen LogP contribution in [0.5, 0.6) is 0 Å². The molecule has 2 rings (SSSR count). The third-order valence-electron chi connectivity index (χ3n) is 4.24. The van der Waals surface area contributed by atoms with Gasteiger partial charge in [-0.1, -0.05) is 13.3 Å². The van der Waals surface area contributed by atoms with Crippen molar-refractivity contribution in [3.05, 3.63) is 12.2 Å². The quantitative estimate of drug-likeness (QED) is 0.887. The summed E-state index contributed by atoms with van der Waals surface area (Å²) in [4.78, 5) is 15.5. The molecular formula is C13H21N3O2. The van der Waals surface area contributed by atoms with Crippen molar-refractivity contribution in [1.29, 1.82) is 0 Å². The highest BCUT2D eigenvalue weighted by Crippen LogP contribution is 2.37. The van der Waals surface area contributed by atoms with Crippen LogP contribution in [0.1, 0.15) is 38.4 Å². The van der Waals surface area contributed by atoms with Crippen molar-refractivity contribution in [2.24, 2.45) is 24.8 Å². The molecule has 1 aliphatic carbocycles. The Kier molecular flexibility index (Phi) is 3.99. The summed E-state index contributed by atoms with van der Waals surface area (Å²) in [5.74, 6) is 0.882. The van der Waals surface area contributed by atoms with E-state index in [1.54, 1.807) is 4.68 Å². The number of rotatable bonds is 4. The molecule has 0 radical (unpaired) electrons. The maximum atomic E-state index is 11.3. The Bertz CT molecular complexity index is 416. The van der Waals surface area contributed by atoms with Crippen molar-refractivity contribution < 1.29 is 9.90 Å². The van der Waals surface area contributed by atoms with Gasteiger partial charge in [-0.2, -0.15) is 5.10 Å². The van der Waals surface area contributed by atoms with Gasteiger partial charge in [-0.15, -0.1) is 0 Å². The molecule has 0 spiro atoms. The van der Waals surface area contributed by atoms with E-state index in [1.807, 2.05) is 7.05 Å². The smallest absolute Gasteiger partial charge is 0.306 e. The van der Waals surface area contributed by atoms with Crippen LogP contribution in [-0.2, 0) is 18.3 Å². The molecule has 1 N–H and O–H groups in total. The summed E-state index contributed by atoms with van der Waals surface area (Å²) in [6, 6.07) is 0. The van der Waals surface area contributed by atoms with Gasteiger partial charge in [0.1, 0.15) is 12.2 Å². The maximum absolute atomic E-state index is 11.3. The molecule has 0 bridgehead atoms. The Morgan fingerprint density at radius 3 is 2.89 bits per heavy atom. The van der Waals surface area contributed by atoms with E-state index in [0.29, 0.717) is 5.92 Å². The maximum Gasteiger partial charge on any atom is 0.306 e. The predicted molar refractivity (Wildman–Crippen MR) is 67.0 cm³/mol. The second-order valence-corrected chi connectivity index (χ2v) is 5.30. The lowest BCUT2D eigenvalue weighted by Crippen LogP contribution is -2.32. The van der Waals surface area contributed by atoms with Crippen molar-refractivity contribution in [3.8, 4) is 0 Å². The summed E-state index contributed by atoms with van der Waals surface area (Å²) in [5, 5.41) is 13.4. The number of aromatic nitrogens is 3. The lowest BCUT2D eigenvalue weighted by atomic mass is 9.72. The van der Waals surface area contributed by atoms with Gasteiger partial charge in [0.15, 0.2) is 0 Å². The van der Waals surface area contributed by atoms with Gasteiger partial charge < -0.3 is 5.11 Å². The van der Waals surface area contributed by atoms with E-state index in [9.17, 15) is 9.90 Å². The average Bonchev–Trinajstić information content (AvgIpc) is 2.74. The van der Waals surface area contributed by atoms with Crippen molar-refractivity contribution in [2.45, 2.75) is 39.0 Å². The monoisotopic (exact) mass is 251 g/mol. The number of aliphatic carboxylic acids is 1. The van der Waals surface area contributed by atoms with Gasteiger partial charge >= 0.3 is 5.97 Å². The Hall–Kier alpha value is -1.39. The molecule has 1 aromatic heterocycles. The third-order valence-corrected chi connectivity index (χ3v) is 4.24. The molecule has 100 valence electrons. The zero-order valence-corrected chi connectivity index (χ0v) is 11.0. The summed E-state index contributed by atoms with van der Waals surface area (Å²) >= 11 is 0. The molecule has 1 aromatic rings. The van der Waals surface area contributed by atoms with Crippen LogP contribution in [0.3, 0.4) is 0 Å². The number of carbonyl (C=O) groups is 1. The van der Waals surface area contributed by atoms with E-state index in [4.69, 9.17) is 0 Å². The predicted octanol–water partition coefficient (Wildman–Crippen LogP) is 1.88. The molecule has 0 saturated heterocycles. The molecule has 0 aromatic carbocycles. The van der Waals surface area contributed by atoms with E-state index in [0.717, 1.165) is 37.9 Å². The van der Waals surface area contributed by atoms with Gasteiger partial charge in [0.2, 0.25) is 0 Å². The summed E-state index contributed by atoms with van der Waals surface area (Å²) in [6.45, 7) is 2.19. The topological polar surface area (TPSA) is 68.0 Å². The fraction of sp³-hybridized carbons (Fsp3) is 0.769. The van der Waals surface area contributed by atoms with Gasteiger partial charge in [0.25, 0.3) is 0 Å². The molecule has 1 saturated carbocycles. The standard InChI is InChI=1S/C13H21N3O2/c1-3-9-4-5-11(13(17)18)10(6-9)7-12-14-8-15-16(12)2/h8-11H,3-7H2,1-2H3,(H,17,18). The lowest BCUT2D eigenvalue weighted by Gasteiger charge is -2.33. The Balaban J connectivity index is 2.10. The summed E-state index contributed by atoms with van der Waals surface area (Å²) in [7, 11) is 1.86. The van der Waals surface area contributed by atoms with Crippen molar-refractivity contribution >= 4 is 5.97 Å². The van der Waals surface area contributed by atoms with E-state index in [2.05, 4.69) is 17.0 Å². The molecule has 1 aliphatic rings. The second kappa shape index (κ2) is 5.50. The fourth-order valence-electron chi connectivity index (χ4n) is 3.02. The van der Waals surface area contributed by atoms with Gasteiger partial charge in [0.05, 0.1) is 5.92 Å². The Morgan fingerprint density at radius 2 is 2.33 bits per heavy atom. The summed E-state index contributed by atoms with van der Waals surface area (Å²) < 4.78 is 1.74. The molecule has 3 unspecified atom stereocenters. The highest BCUT2D eigenvalue weighted by Gasteiger charge is 2.35. The zero-order valence-electron chi connectivity index (χ0n) is 11.0. The highest BCUT2D eigenvalue weighted by molar-refractivity contribution is 5.70. The second-order valence-electron chi connectivity index (χ2n) is 5.30. The average molecular weight is 251 g/mol. The minimum Gasteiger partial charge on any atom is -0.481 e. The summed E-state index contributed by atoms with van der Waals surface area (Å²) in [5.41, 5.74) is 0. The number of nitrogens with zero attached hydrogens (tertiary/aromatic N) is 3. The summed E-state index contributed by atoms with van der Waals surface area (Å²) in [6.07, 6.45) is 6.25. The Labute approximate surface area is 107 Å². The Morgan fingerprint density at radius 1 is 1.56 bits per heavy atom. The lowest BCUT2D eigenvalue weighted by molar-refractivity contribution is -0.145. The third kappa shape index (κ3) is 2.71. The van der Waals surface area contributed by atoms with Crippen LogP contribution >= 0.6 is 0 Å². The normalized spacial score (nSPS) is 28.2. The van der Waals surface area contributed by atoms with Gasteiger partial charge in [0, 0.05) is 13.5 Å². The minimum atomic E-state index is -0.656.